The molecule has 0 saturated heterocycles. The number of aliphatic hydroxyl groups is 1. The van der Waals surface area contributed by atoms with Crippen LogP contribution in [-0.4, -0.2) is 93.4 Å². The summed E-state index contributed by atoms with van der Waals surface area (Å²) in [5.74, 6) is -10.1. The van der Waals surface area contributed by atoms with Crippen LogP contribution in [0, 0.1) is 23.2 Å². The van der Waals surface area contributed by atoms with E-state index in [1.165, 1.54) is 76.5 Å². The van der Waals surface area contributed by atoms with E-state index in [9.17, 15) is 38.7 Å². The monoisotopic (exact) mass is 805 g/mol. The molecule has 9 atom stereocenters. The van der Waals surface area contributed by atoms with Gasteiger partial charge in [0, 0.05) is 56.5 Å². The summed E-state index contributed by atoms with van der Waals surface area (Å²) in [6.45, 7) is 16.5. The maximum absolute atomic E-state index is 14.8. The molecular weight excluding hydrogens is 754 g/mol. The molecule has 2 aliphatic rings. The maximum atomic E-state index is 14.8. The second-order valence-electron chi connectivity index (χ2n) is 15.8. The summed E-state index contributed by atoms with van der Waals surface area (Å²) in [5, 5.41) is 12.9. The number of aromatic nitrogens is 1. The lowest BCUT2D eigenvalue weighted by molar-refractivity contribution is -0.185. The number of hydrogen-bond donors (Lipinski definition) is 1. The second-order valence-corrected chi connectivity index (χ2v) is 15.8. The van der Waals surface area contributed by atoms with Crippen molar-refractivity contribution in [2.75, 3.05) is 0 Å². The number of nitrogens with zero attached hydrogens (tertiary/aromatic N) is 1. The molecule has 2 aliphatic carbocycles. The molecule has 1 fully saturated rings. The SMILES string of the molecule is C=C1[C@H](OC(=O)C(C)C)[C@@H](OC(C)=O)[C@@H](OC(=O)c2cccnc2)C(C)(C)/C=C/[C@H](C)C(=O)[C@@]2(O)C[C@@](C)(OC(C)=O)[C@H](OC(=O)c3ccccc3)[C@@H]2[C@H]1OC(C)=O. The van der Waals surface area contributed by atoms with Crippen molar-refractivity contribution in [3.63, 3.8) is 0 Å². The predicted molar refractivity (Wildman–Crippen MR) is 204 cm³/mol. The Morgan fingerprint density at radius 1 is 0.793 bits per heavy atom. The fourth-order valence-corrected chi connectivity index (χ4v) is 7.51. The maximum Gasteiger partial charge on any atom is 0.340 e. The summed E-state index contributed by atoms with van der Waals surface area (Å²) in [6, 6.07) is 10.7. The van der Waals surface area contributed by atoms with E-state index in [-0.39, 0.29) is 16.7 Å². The van der Waals surface area contributed by atoms with Gasteiger partial charge in [-0.2, -0.15) is 0 Å². The molecular formula is C43H51NO14. The summed E-state index contributed by atoms with van der Waals surface area (Å²) in [7, 11) is 0. The van der Waals surface area contributed by atoms with E-state index in [0.717, 1.165) is 20.8 Å². The Morgan fingerprint density at radius 2 is 1.38 bits per heavy atom. The molecule has 1 aromatic carbocycles. The summed E-state index contributed by atoms with van der Waals surface area (Å²) in [4.78, 5) is 98.8. The van der Waals surface area contributed by atoms with E-state index in [2.05, 4.69) is 11.6 Å². The van der Waals surface area contributed by atoms with E-state index >= 15 is 0 Å². The van der Waals surface area contributed by atoms with Gasteiger partial charge in [0.05, 0.1) is 23.0 Å². The summed E-state index contributed by atoms with van der Waals surface area (Å²) in [6.07, 6.45) is -3.76. The van der Waals surface area contributed by atoms with Gasteiger partial charge in [-0.25, -0.2) is 9.59 Å². The Balaban J connectivity index is 2.09. The highest BCUT2D eigenvalue weighted by atomic mass is 16.6. The third-order valence-corrected chi connectivity index (χ3v) is 10.2. The fraction of sp³-hybridized carbons (Fsp3) is 0.488. The second kappa shape index (κ2) is 17.8. The lowest BCUT2D eigenvalue weighted by Crippen LogP contribution is -2.58. The van der Waals surface area contributed by atoms with Gasteiger partial charge < -0.3 is 33.5 Å². The van der Waals surface area contributed by atoms with Crippen molar-refractivity contribution in [1.82, 2.24) is 4.98 Å². The van der Waals surface area contributed by atoms with Crippen molar-refractivity contribution in [2.24, 2.45) is 23.2 Å². The first kappa shape index (κ1) is 45.0. The number of Topliss-reactive ketones (excluding diaryl/α,β-unsaturated/α-hetero) is 1. The van der Waals surface area contributed by atoms with Crippen molar-refractivity contribution >= 4 is 41.6 Å². The fourth-order valence-electron chi connectivity index (χ4n) is 7.51. The van der Waals surface area contributed by atoms with Gasteiger partial charge in [0.25, 0.3) is 0 Å². The van der Waals surface area contributed by atoms with Crippen LogP contribution >= 0.6 is 0 Å². The first-order valence-corrected chi connectivity index (χ1v) is 18.8. The van der Waals surface area contributed by atoms with Gasteiger partial charge in [0.15, 0.2) is 30.2 Å². The van der Waals surface area contributed by atoms with Crippen LogP contribution in [0.5, 0.6) is 0 Å². The highest BCUT2D eigenvalue weighted by Crippen LogP contribution is 2.52. The molecule has 0 aliphatic heterocycles. The number of rotatable bonds is 9. The van der Waals surface area contributed by atoms with Crippen LogP contribution in [0.4, 0.5) is 0 Å². The Bertz CT molecular complexity index is 1940. The molecule has 15 nitrogen and oxygen atoms in total. The number of benzene rings is 1. The molecule has 0 bridgehead atoms. The van der Waals surface area contributed by atoms with E-state index in [1.54, 1.807) is 32.0 Å². The number of carbonyl (C=O) groups is 7. The molecule has 312 valence electrons. The quantitative estimate of drug-likeness (QED) is 0.207. The molecule has 2 aromatic rings. The zero-order chi connectivity index (χ0) is 43.3. The van der Waals surface area contributed by atoms with E-state index in [0.29, 0.717) is 0 Å². The van der Waals surface area contributed by atoms with Crippen LogP contribution < -0.4 is 0 Å². The van der Waals surface area contributed by atoms with Gasteiger partial charge in [-0.05, 0) is 31.2 Å². The number of fused-ring (bicyclic) bond motifs is 1. The molecule has 15 heteroatoms. The number of ketones is 1. The van der Waals surface area contributed by atoms with Crippen molar-refractivity contribution in [2.45, 2.75) is 110 Å². The van der Waals surface area contributed by atoms with Crippen molar-refractivity contribution in [1.29, 1.82) is 0 Å². The minimum atomic E-state index is -2.61. The van der Waals surface area contributed by atoms with Gasteiger partial charge in [-0.3, -0.25) is 29.0 Å². The van der Waals surface area contributed by atoms with Crippen LogP contribution in [0.3, 0.4) is 0 Å². The van der Waals surface area contributed by atoms with Crippen molar-refractivity contribution in [3.8, 4) is 0 Å². The largest absolute Gasteiger partial charge is 0.457 e. The molecule has 1 N–H and O–H groups in total. The van der Waals surface area contributed by atoms with E-state index in [1.807, 2.05) is 0 Å². The normalized spacial score (nSPS) is 30.0. The van der Waals surface area contributed by atoms with Crippen LogP contribution in [0.15, 0.2) is 79.2 Å². The first-order chi connectivity index (χ1) is 27.0. The lowest BCUT2D eigenvalue weighted by atomic mass is 9.72. The Labute approximate surface area is 337 Å². The van der Waals surface area contributed by atoms with Gasteiger partial charge >= 0.3 is 35.8 Å². The molecule has 0 spiro atoms. The zero-order valence-electron chi connectivity index (χ0n) is 34.1. The Hall–Kier alpha value is -5.70. The average Bonchev–Trinajstić information content (AvgIpc) is 3.37. The van der Waals surface area contributed by atoms with E-state index in [4.69, 9.17) is 28.4 Å². The molecule has 1 heterocycles. The molecule has 0 amide bonds. The molecule has 0 unspecified atom stereocenters. The molecule has 0 radical (unpaired) electrons. The lowest BCUT2D eigenvalue weighted by Gasteiger charge is -2.44. The average molecular weight is 806 g/mol. The minimum Gasteiger partial charge on any atom is -0.457 e. The molecule has 58 heavy (non-hydrogen) atoms. The van der Waals surface area contributed by atoms with Gasteiger partial charge in [0.2, 0.25) is 0 Å². The van der Waals surface area contributed by atoms with Crippen LogP contribution in [0.25, 0.3) is 0 Å². The van der Waals surface area contributed by atoms with Crippen molar-refractivity contribution in [3.05, 3.63) is 90.3 Å². The standard InChI is InChI=1S/C43H51NO14/c1-23(2)38(49)55-33-25(4)32(53-26(5)45)31-36(56-39(50)29-15-12-11-13-16-29)42(10,58-28(7)47)22-43(31,52)35(48)24(3)18-19-41(8,9)37(34(33)54-27(6)46)57-40(51)30-17-14-20-44-21-30/h11-21,23-24,31-34,36-37,52H,4,22H2,1-3,5-10H3/b19-18+/t24-,31-,32-,33-,34+,36+,37+,42+,43+/m0/s1. The third kappa shape index (κ3) is 9.87. The number of esters is 6. The number of hydrogen-bond acceptors (Lipinski definition) is 15. The molecule has 1 aromatic heterocycles. The predicted octanol–water partition coefficient (Wildman–Crippen LogP) is 4.69. The number of ether oxygens (including phenoxy) is 6. The smallest absolute Gasteiger partial charge is 0.340 e. The Kier molecular flexibility index (Phi) is 13.8. The molecule has 1 saturated carbocycles. The summed E-state index contributed by atoms with van der Waals surface area (Å²) < 4.78 is 35.8. The number of pyridine rings is 1. The number of allylic oxidation sites excluding steroid dienone is 1. The van der Waals surface area contributed by atoms with Crippen LogP contribution in [0.1, 0.15) is 89.5 Å². The summed E-state index contributed by atoms with van der Waals surface area (Å²) >= 11 is 0. The first-order valence-electron chi connectivity index (χ1n) is 18.8. The molecule has 4 rings (SSSR count). The zero-order valence-corrected chi connectivity index (χ0v) is 34.1. The highest BCUT2D eigenvalue weighted by Gasteiger charge is 2.69. The Morgan fingerprint density at radius 3 is 1.93 bits per heavy atom. The van der Waals surface area contributed by atoms with Crippen LogP contribution in [-0.2, 0) is 52.4 Å². The van der Waals surface area contributed by atoms with Gasteiger partial charge in [-0.15, -0.1) is 0 Å². The van der Waals surface area contributed by atoms with Gasteiger partial charge in [-0.1, -0.05) is 71.5 Å². The van der Waals surface area contributed by atoms with E-state index < -0.39 is 113 Å². The highest BCUT2D eigenvalue weighted by molar-refractivity contribution is 5.93. The topological polar surface area (TPSA) is 208 Å². The third-order valence-electron chi connectivity index (χ3n) is 10.2. The number of carbonyl (C=O) groups excluding carboxylic acids is 7. The van der Waals surface area contributed by atoms with Gasteiger partial charge in [0.1, 0.15) is 17.3 Å². The van der Waals surface area contributed by atoms with Crippen LogP contribution in [0.2, 0.25) is 0 Å². The summed E-state index contributed by atoms with van der Waals surface area (Å²) in [5.41, 5.74) is -6.21. The minimum absolute atomic E-state index is 0.0229. The van der Waals surface area contributed by atoms with Crippen molar-refractivity contribution < 1.29 is 67.1 Å².